The lowest BCUT2D eigenvalue weighted by Crippen LogP contribution is -2.01. The van der Waals surface area contributed by atoms with Crippen molar-refractivity contribution in [1.29, 1.82) is 0 Å². The molecule has 4 nitrogen and oxygen atoms in total. The minimum atomic E-state index is -0.467. The number of rotatable bonds is 3. The molecular weight excluding hydrogens is 334 g/mol. The maximum atomic E-state index is 14.8. The second kappa shape index (κ2) is 6.48. The summed E-state index contributed by atoms with van der Waals surface area (Å²) in [6, 6.07) is 12.7. The van der Waals surface area contributed by atoms with Crippen molar-refractivity contribution in [3.8, 4) is 22.5 Å². The quantitative estimate of drug-likeness (QED) is 0.584. The molecule has 1 N–H and O–H groups in total. The van der Waals surface area contributed by atoms with Gasteiger partial charge in [-0.25, -0.2) is 18.7 Å². The summed E-state index contributed by atoms with van der Waals surface area (Å²) in [4.78, 5) is 12.9. The van der Waals surface area contributed by atoms with Crippen LogP contribution in [0.1, 0.15) is 0 Å². The third kappa shape index (κ3) is 2.86. The largest absolute Gasteiger partial charge is 0.373 e. The monoisotopic (exact) mass is 348 g/mol. The topological polar surface area (TPSA) is 50.7 Å². The number of nitrogens with one attached hydrogen (secondary N) is 1. The van der Waals surface area contributed by atoms with Crippen molar-refractivity contribution < 1.29 is 8.78 Å². The molecule has 0 unspecified atom stereocenters. The third-order valence-electron chi connectivity index (χ3n) is 4.09. The molecule has 2 aromatic heterocycles. The van der Waals surface area contributed by atoms with Gasteiger partial charge in [0.1, 0.15) is 23.0 Å². The Morgan fingerprint density at radius 2 is 1.69 bits per heavy atom. The zero-order chi connectivity index (χ0) is 18.1. The Bertz CT molecular complexity index is 1080. The maximum absolute atomic E-state index is 14.8. The summed E-state index contributed by atoms with van der Waals surface area (Å²) in [5, 5.41) is 3.55. The third-order valence-corrected chi connectivity index (χ3v) is 4.09. The number of benzene rings is 2. The van der Waals surface area contributed by atoms with Gasteiger partial charge in [-0.15, -0.1) is 0 Å². The van der Waals surface area contributed by atoms with Crippen LogP contribution in [-0.4, -0.2) is 22.0 Å². The fourth-order valence-corrected chi connectivity index (χ4v) is 2.81. The first kappa shape index (κ1) is 16.1. The molecule has 0 atom stereocenters. The van der Waals surface area contributed by atoms with Gasteiger partial charge in [0.15, 0.2) is 5.82 Å². The Hall–Kier alpha value is -3.41. The summed E-state index contributed by atoms with van der Waals surface area (Å²) in [5.41, 5.74) is 2.26. The Labute approximate surface area is 148 Å². The van der Waals surface area contributed by atoms with Gasteiger partial charge in [0.05, 0.1) is 0 Å². The van der Waals surface area contributed by atoms with E-state index >= 15 is 0 Å². The van der Waals surface area contributed by atoms with Crippen LogP contribution in [0.15, 0.2) is 60.9 Å². The summed E-state index contributed by atoms with van der Waals surface area (Å²) in [6.45, 7) is 0. The van der Waals surface area contributed by atoms with Crippen molar-refractivity contribution >= 4 is 16.7 Å². The number of nitrogens with zero attached hydrogens (tertiary/aromatic N) is 3. The van der Waals surface area contributed by atoms with Gasteiger partial charge in [0, 0.05) is 30.4 Å². The van der Waals surface area contributed by atoms with Crippen LogP contribution in [0.25, 0.3) is 33.4 Å². The van der Waals surface area contributed by atoms with Crippen LogP contribution in [0.4, 0.5) is 14.6 Å². The highest BCUT2D eigenvalue weighted by atomic mass is 19.1. The molecule has 0 radical (unpaired) electrons. The number of fused-ring (bicyclic) bond motifs is 1. The van der Waals surface area contributed by atoms with E-state index in [1.165, 1.54) is 18.2 Å². The molecule has 2 aromatic carbocycles. The zero-order valence-corrected chi connectivity index (χ0v) is 13.9. The number of hydrogen-bond acceptors (Lipinski definition) is 4. The highest BCUT2D eigenvalue weighted by Gasteiger charge is 2.14. The van der Waals surface area contributed by atoms with Crippen LogP contribution in [0.3, 0.4) is 0 Å². The van der Waals surface area contributed by atoms with Crippen molar-refractivity contribution in [2.75, 3.05) is 12.4 Å². The lowest BCUT2D eigenvalue weighted by atomic mass is 10.0. The van der Waals surface area contributed by atoms with Crippen LogP contribution in [-0.2, 0) is 0 Å². The first-order valence-electron chi connectivity index (χ1n) is 8.01. The van der Waals surface area contributed by atoms with E-state index in [1.54, 1.807) is 43.7 Å². The van der Waals surface area contributed by atoms with Gasteiger partial charge in [0.25, 0.3) is 0 Å². The number of anilines is 1. The molecule has 0 aliphatic rings. The second-order valence-corrected chi connectivity index (χ2v) is 5.75. The smallest absolute Gasteiger partial charge is 0.163 e. The Morgan fingerprint density at radius 3 is 2.38 bits per heavy atom. The Balaban J connectivity index is 1.93. The molecule has 0 fully saturated rings. The zero-order valence-electron chi connectivity index (χ0n) is 13.9. The maximum Gasteiger partial charge on any atom is 0.163 e. The Morgan fingerprint density at radius 1 is 0.885 bits per heavy atom. The molecule has 4 aromatic rings. The van der Waals surface area contributed by atoms with E-state index in [0.29, 0.717) is 33.7 Å². The van der Waals surface area contributed by atoms with Crippen LogP contribution in [0.2, 0.25) is 0 Å². The van der Waals surface area contributed by atoms with Gasteiger partial charge in [-0.1, -0.05) is 12.1 Å². The van der Waals surface area contributed by atoms with Crippen LogP contribution < -0.4 is 5.32 Å². The molecule has 0 spiro atoms. The van der Waals surface area contributed by atoms with Gasteiger partial charge >= 0.3 is 0 Å². The van der Waals surface area contributed by atoms with E-state index in [2.05, 4.69) is 20.3 Å². The van der Waals surface area contributed by atoms with Crippen LogP contribution in [0, 0.1) is 11.6 Å². The van der Waals surface area contributed by atoms with E-state index in [9.17, 15) is 8.78 Å². The molecule has 0 aliphatic heterocycles. The minimum absolute atomic E-state index is 0.217. The normalized spacial score (nSPS) is 10.9. The first-order chi connectivity index (χ1) is 12.7. The molecule has 6 heteroatoms. The second-order valence-electron chi connectivity index (χ2n) is 5.75. The van der Waals surface area contributed by atoms with Crippen molar-refractivity contribution in [3.05, 3.63) is 72.6 Å². The fraction of sp³-hybridized carbons (Fsp3) is 0.0500. The van der Waals surface area contributed by atoms with Crippen molar-refractivity contribution in [3.63, 3.8) is 0 Å². The summed E-state index contributed by atoms with van der Waals surface area (Å²) in [7, 11) is 1.72. The first-order valence-corrected chi connectivity index (χ1v) is 8.01. The van der Waals surface area contributed by atoms with Gasteiger partial charge < -0.3 is 5.32 Å². The number of pyridine rings is 1. The lowest BCUT2D eigenvalue weighted by molar-refractivity contribution is 0.628. The van der Waals surface area contributed by atoms with Gasteiger partial charge in [-0.3, -0.25) is 4.98 Å². The summed E-state index contributed by atoms with van der Waals surface area (Å²) in [6.07, 6.45) is 3.28. The summed E-state index contributed by atoms with van der Waals surface area (Å²) >= 11 is 0. The van der Waals surface area contributed by atoms with Crippen molar-refractivity contribution in [2.24, 2.45) is 0 Å². The average Bonchev–Trinajstić information content (AvgIpc) is 2.68. The van der Waals surface area contributed by atoms with Gasteiger partial charge in [-0.05, 0) is 47.5 Å². The highest BCUT2D eigenvalue weighted by Crippen LogP contribution is 2.31. The van der Waals surface area contributed by atoms with Crippen molar-refractivity contribution in [1.82, 2.24) is 15.0 Å². The predicted octanol–water partition coefficient (Wildman–Crippen LogP) is 4.68. The number of aromatic nitrogens is 3. The standard InChI is InChI=1S/C20H14F2N4/c1-23-20-16-9-14(12-4-6-15(21)7-5-12)10-17(22)18(16)25-19(26-20)13-3-2-8-24-11-13/h2-11H,1H3,(H,23,25,26). The minimum Gasteiger partial charge on any atom is -0.373 e. The molecule has 0 amide bonds. The molecule has 2 heterocycles. The molecule has 26 heavy (non-hydrogen) atoms. The van der Waals surface area contributed by atoms with E-state index in [1.807, 2.05) is 6.07 Å². The molecule has 0 saturated carbocycles. The van der Waals surface area contributed by atoms with E-state index in [-0.39, 0.29) is 11.3 Å². The SMILES string of the molecule is CNc1nc(-c2cccnc2)nc2c(F)cc(-c3ccc(F)cc3)cc12. The van der Waals surface area contributed by atoms with Crippen LogP contribution in [0.5, 0.6) is 0 Å². The molecule has 128 valence electrons. The van der Waals surface area contributed by atoms with Gasteiger partial charge in [0.2, 0.25) is 0 Å². The molecule has 0 aliphatic carbocycles. The molecular formula is C20H14F2N4. The number of halogens is 2. The van der Waals surface area contributed by atoms with E-state index < -0.39 is 5.82 Å². The molecule has 0 bridgehead atoms. The summed E-state index contributed by atoms with van der Waals surface area (Å²) in [5.74, 6) is 0.0985. The lowest BCUT2D eigenvalue weighted by Gasteiger charge is -2.11. The Kier molecular flexibility index (Phi) is 4.01. The highest BCUT2D eigenvalue weighted by molar-refractivity contribution is 5.94. The van der Waals surface area contributed by atoms with Crippen molar-refractivity contribution in [2.45, 2.75) is 0 Å². The summed E-state index contributed by atoms with van der Waals surface area (Å²) < 4.78 is 28.0. The van der Waals surface area contributed by atoms with E-state index in [0.717, 1.165) is 0 Å². The van der Waals surface area contributed by atoms with Gasteiger partial charge in [-0.2, -0.15) is 0 Å². The number of hydrogen-bond donors (Lipinski definition) is 1. The van der Waals surface area contributed by atoms with Crippen LogP contribution >= 0.6 is 0 Å². The van der Waals surface area contributed by atoms with E-state index in [4.69, 9.17) is 0 Å². The molecule has 4 rings (SSSR count). The molecule has 0 saturated heterocycles. The average molecular weight is 348 g/mol. The predicted molar refractivity (Wildman–Crippen MR) is 97.7 cm³/mol. The fourth-order valence-electron chi connectivity index (χ4n) is 2.81.